The SMILES string of the molecule is C=C(CNC(=S)Nc1ccccc1N)OCC. The number of rotatable bonds is 5. The lowest BCUT2D eigenvalue weighted by molar-refractivity contribution is 0.226. The van der Waals surface area contributed by atoms with Gasteiger partial charge in [-0.3, -0.25) is 0 Å². The second-order valence-electron chi connectivity index (χ2n) is 3.37. The zero-order valence-corrected chi connectivity index (χ0v) is 10.6. The number of nitrogen functional groups attached to an aromatic ring is 1. The van der Waals surface area contributed by atoms with Gasteiger partial charge in [0.1, 0.15) is 5.76 Å². The molecule has 1 aromatic rings. The van der Waals surface area contributed by atoms with E-state index in [9.17, 15) is 0 Å². The van der Waals surface area contributed by atoms with Gasteiger partial charge >= 0.3 is 0 Å². The van der Waals surface area contributed by atoms with Gasteiger partial charge in [0.2, 0.25) is 0 Å². The molecule has 1 aromatic carbocycles. The Kier molecular flexibility index (Phi) is 5.29. The van der Waals surface area contributed by atoms with Gasteiger partial charge in [0.15, 0.2) is 5.11 Å². The van der Waals surface area contributed by atoms with Gasteiger partial charge in [-0.25, -0.2) is 0 Å². The van der Waals surface area contributed by atoms with Gasteiger partial charge in [-0.1, -0.05) is 18.7 Å². The lowest BCUT2D eigenvalue weighted by atomic mass is 10.3. The molecule has 0 aromatic heterocycles. The van der Waals surface area contributed by atoms with Crippen LogP contribution in [0.25, 0.3) is 0 Å². The van der Waals surface area contributed by atoms with Crippen LogP contribution >= 0.6 is 12.2 Å². The van der Waals surface area contributed by atoms with Crippen LogP contribution in [0.3, 0.4) is 0 Å². The number of para-hydroxylation sites is 2. The van der Waals surface area contributed by atoms with E-state index in [4.69, 9.17) is 22.7 Å². The average Bonchev–Trinajstić information content (AvgIpc) is 2.30. The maximum atomic E-state index is 5.78. The van der Waals surface area contributed by atoms with Crippen LogP contribution in [0.15, 0.2) is 36.6 Å². The first kappa shape index (κ1) is 13.3. The molecule has 0 unspecified atom stereocenters. The third-order valence-corrected chi connectivity index (χ3v) is 2.25. The molecular weight excluding hydrogens is 234 g/mol. The van der Waals surface area contributed by atoms with E-state index in [0.29, 0.717) is 29.7 Å². The summed E-state index contributed by atoms with van der Waals surface area (Å²) in [5, 5.41) is 6.48. The summed E-state index contributed by atoms with van der Waals surface area (Å²) in [5.41, 5.74) is 7.22. The molecule has 0 saturated carbocycles. The third-order valence-electron chi connectivity index (χ3n) is 2.00. The van der Waals surface area contributed by atoms with E-state index in [-0.39, 0.29) is 0 Å². The van der Waals surface area contributed by atoms with Crippen LogP contribution in [-0.2, 0) is 4.74 Å². The Morgan fingerprint density at radius 1 is 1.47 bits per heavy atom. The van der Waals surface area contributed by atoms with Crippen molar-refractivity contribution >= 4 is 28.7 Å². The predicted octanol–water partition coefficient (Wildman–Crippen LogP) is 2.11. The molecule has 0 radical (unpaired) electrons. The molecule has 0 saturated heterocycles. The van der Waals surface area contributed by atoms with E-state index in [1.54, 1.807) is 0 Å². The van der Waals surface area contributed by atoms with Gasteiger partial charge in [-0.15, -0.1) is 0 Å². The summed E-state index contributed by atoms with van der Waals surface area (Å²) in [7, 11) is 0. The molecule has 0 heterocycles. The van der Waals surface area contributed by atoms with Gasteiger partial charge in [-0.2, -0.15) is 0 Å². The summed E-state index contributed by atoms with van der Waals surface area (Å²) in [4.78, 5) is 0. The third kappa shape index (κ3) is 4.74. The zero-order valence-electron chi connectivity index (χ0n) is 9.82. The minimum absolute atomic E-state index is 0.479. The lowest BCUT2D eigenvalue weighted by Gasteiger charge is -2.13. The van der Waals surface area contributed by atoms with E-state index < -0.39 is 0 Å². The first-order valence-electron chi connectivity index (χ1n) is 5.33. The van der Waals surface area contributed by atoms with Gasteiger partial charge in [-0.05, 0) is 31.3 Å². The van der Waals surface area contributed by atoms with Gasteiger partial charge in [0.25, 0.3) is 0 Å². The molecule has 1 rings (SSSR count). The molecule has 0 aliphatic rings. The fourth-order valence-corrected chi connectivity index (χ4v) is 1.39. The van der Waals surface area contributed by atoms with Crippen LogP contribution in [0, 0.1) is 0 Å². The normalized spacial score (nSPS) is 9.47. The van der Waals surface area contributed by atoms with Crippen LogP contribution < -0.4 is 16.4 Å². The number of anilines is 2. The Morgan fingerprint density at radius 3 is 2.82 bits per heavy atom. The quantitative estimate of drug-likeness (QED) is 0.425. The van der Waals surface area contributed by atoms with Crippen molar-refractivity contribution in [1.82, 2.24) is 5.32 Å². The second-order valence-corrected chi connectivity index (χ2v) is 3.77. The number of ether oxygens (including phenoxy) is 1. The Bertz CT molecular complexity index is 406. The molecule has 17 heavy (non-hydrogen) atoms. The second kappa shape index (κ2) is 6.75. The highest BCUT2D eigenvalue weighted by Gasteiger charge is 2.01. The van der Waals surface area contributed by atoms with E-state index in [1.807, 2.05) is 31.2 Å². The van der Waals surface area contributed by atoms with Gasteiger partial charge < -0.3 is 21.1 Å². The fraction of sp³-hybridized carbons (Fsp3) is 0.250. The number of thiocarbonyl (C=S) groups is 1. The Hall–Kier alpha value is -1.75. The lowest BCUT2D eigenvalue weighted by Crippen LogP contribution is -2.30. The van der Waals surface area contributed by atoms with E-state index in [1.165, 1.54) is 0 Å². The number of nitrogens with two attached hydrogens (primary N) is 1. The van der Waals surface area contributed by atoms with E-state index in [2.05, 4.69) is 17.2 Å². The number of hydrogen-bond donors (Lipinski definition) is 3. The molecule has 0 spiro atoms. The molecule has 0 bridgehead atoms. The van der Waals surface area contributed by atoms with Crippen LogP contribution in [0.5, 0.6) is 0 Å². The maximum absolute atomic E-state index is 5.78. The summed E-state index contributed by atoms with van der Waals surface area (Å²) >= 11 is 5.12. The van der Waals surface area contributed by atoms with Crippen LogP contribution in [0.2, 0.25) is 0 Å². The number of benzene rings is 1. The molecule has 0 fully saturated rings. The molecule has 0 aliphatic carbocycles. The minimum Gasteiger partial charge on any atom is -0.497 e. The molecule has 4 nitrogen and oxygen atoms in total. The van der Waals surface area contributed by atoms with Gasteiger partial charge in [0.05, 0.1) is 24.5 Å². The maximum Gasteiger partial charge on any atom is 0.171 e. The van der Waals surface area contributed by atoms with Gasteiger partial charge in [0, 0.05) is 0 Å². The highest BCUT2D eigenvalue weighted by Crippen LogP contribution is 2.16. The standard InChI is InChI=1S/C12H17N3OS/c1-3-16-9(2)8-14-12(17)15-11-7-5-4-6-10(11)13/h4-7H,2-3,8,13H2,1H3,(H2,14,15,17). The summed E-state index contributed by atoms with van der Waals surface area (Å²) in [6.45, 7) is 6.74. The highest BCUT2D eigenvalue weighted by atomic mass is 32.1. The van der Waals surface area contributed by atoms with Crippen molar-refractivity contribution in [2.45, 2.75) is 6.92 Å². The fourth-order valence-electron chi connectivity index (χ4n) is 1.21. The van der Waals surface area contributed by atoms with Crippen molar-refractivity contribution in [1.29, 1.82) is 0 Å². The average molecular weight is 251 g/mol. The summed E-state index contributed by atoms with van der Waals surface area (Å²) in [5.74, 6) is 0.651. The monoisotopic (exact) mass is 251 g/mol. The molecule has 5 heteroatoms. The summed E-state index contributed by atoms with van der Waals surface area (Å²) < 4.78 is 5.20. The van der Waals surface area contributed by atoms with Crippen molar-refractivity contribution in [2.24, 2.45) is 0 Å². The first-order valence-corrected chi connectivity index (χ1v) is 5.74. The smallest absolute Gasteiger partial charge is 0.171 e. The molecule has 0 aliphatic heterocycles. The zero-order chi connectivity index (χ0) is 12.7. The summed E-state index contributed by atoms with van der Waals surface area (Å²) in [6.07, 6.45) is 0. The predicted molar refractivity (Wildman–Crippen MR) is 75.8 cm³/mol. The molecule has 0 atom stereocenters. The topological polar surface area (TPSA) is 59.3 Å². The molecule has 4 N–H and O–H groups in total. The van der Waals surface area contributed by atoms with Crippen LogP contribution in [0.4, 0.5) is 11.4 Å². The van der Waals surface area contributed by atoms with Crippen molar-refractivity contribution in [2.75, 3.05) is 24.2 Å². The minimum atomic E-state index is 0.479. The first-order chi connectivity index (χ1) is 8.13. The number of nitrogens with one attached hydrogen (secondary N) is 2. The van der Waals surface area contributed by atoms with Crippen LogP contribution in [0.1, 0.15) is 6.92 Å². The van der Waals surface area contributed by atoms with E-state index in [0.717, 1.165) is 5.69 Å². The number of hydrogen-bond acceptors (Lipinski definition) is 3. The van der Waals surface area contributed by atoms with Crippen molar-refractivity contribution in [3.63, 3.8) is 0 Å². The van der Waals surface area contributed by atoms with Crippen LogP contribution in [-0.4, -0.2) is 18.3 Å². The van der Waals surface area contributed by atoms with Crippen molar-refractivity contribution < 1.29 is 4.74 Å². The Morgan fingerprint density at radius 2 is 2.18 bits per heavy atom. The highest BCUT2D eigenvalue weighted by molar-refractivity contribution is 7.80. The largest absolute Gasteiger partial charge is 0.497 e. The van der Waals surface area contributed by atoms with E-state index >= 15 is 0 Å². The Labute approximate surface area is 107 Å². The molecule has 0 amide bonds. The van der Waals surface area contributed by atoms with Crippen molar-refractivity contribution in [3.8, 4) is 0 Å². The molecular formula is C12H17N3OS. The summed E-state index contributed by atoms with van der Waals surface area (Å²) in [6, 6.07) is 7.43. The van der Waals surface area contributed by atoms with Crippen molar-refractivity contribution in [3.05, 3.63) is 36.6 Å². The Balaban J connectivity index is 2.40. The molecule has 92 valence electrons.